The van der Waals surface area contributed by atoms with Gasteiger partial charge in [0, 0.05) is 0 Å². The number of benzene rings is 2. The van der Waals surface area contributed by atoms with Gasteiger partial charge >= 0.3 is 0 Å². The van der Waals surface area contributed by atoms with Gasteiger partial charge in [0.1, 0.15) is 5.75 Å². The van der Waals surface area contributed by atoms with E-state index >= 15 is 0 Å². The summed E-state index contributed by atoms with van der Waals surface area (Å²) in [5.74, 6) is 2.89. The highest BCUT2D eigenvalue weighted by Crippen LogP contribution is 2.40. The number of nitriles is 1. The lowest BCUT2D eigenvalue weighted by molar-refractivity contribution is 0.256. The molecule has 0 spiro atoms. The molecular weight excluding hydrogens is 318 g/mol. The molecule has 1 unspecified atom stereocenters. The lowest BCUT2D eigenvalue weighted by Crippen LogP contribution is -2.12. The molecule has 2 aromatic rings. The lowest BCUT2D eigenvalue weighted by atomic mass is 9.76. The first kappa shape index (κ1) is 18.5. The molecule has 1 aliphatic carbocycles. The lowest BCUT2D eigenvalue weighted by Gasteiger charge is -2.29. The molecule has 1 atom stereocenters. The molecule has 0 bridgehead atoms. The summed E-state index contributed by atoms with van der Waals surface area (Å²) in [6, 6.07) is 19.1. The summed E-state index contributed by atoms with van der Waals surface area (Å²) in [6.07, 6.45) is 6.07. The van der Waals surface area contributed by atoms with Gasteiger partial charge in [-0.25, -0.2) is 0 Å². The number of nitrogens with zero attached hydrogens (tertiary/aromatic N) is 1. The van der Waals surface area contributed by atoms with Crippen LogP contribution in [-0.4, -0.2) is 6.61 Å². The maximum atomic E-state index is 8.93. The summed E-state index contributed by atoms with van der Waals surface area (Å²) in [7, 11) is 0. The smallest absolute Gasteiger partial charge is 0.119 e. The fourth-order valence-corrected chi connectivity index (χ4v) is 3.78. The van der Waals surface area contributed by atoms with E-state index in [0.29, 0.717) is 17.8 Å². The van der Waals surface area contributed by atoms with Crippen molar-refractivity contribution in [2.45, 2.75) is 57.8 Å². The third kappa shape index (κ3) is 4.67. The van der Waals surface area contributed by atoms with Gasteiger partial charge < -0.3 is 4.74 Å². The maximum Gasteiger partial charge on any atom is 0.119 e. The van der Waals surface area contributed by atoms with Crippen molar-refractivity contribution in [3.8, 4) is 11.8 Å². The SMILES string of the molecule is CCC(C)COc1ccc([C@H]2CC[C@H](c3ccc(C#N)cc3)CC2)cc1. The molecule has 1 aliphatic rings. The van der Waals surface area contributed by atoms with Crippen LogP contribution in [0.1, 0.15) is 74.5 Å². The predicted molar refractivity (Wildman–Crippen MR) is 106 cm³/mol. The predicted octanol–water partition coefficient (Wildman–Crippen LogP) is 6.42. The molecule has 0 heterocycles. The summed E-state index contributed by atoms with van der Waals surface area (Å²) >= 11 is 0. The zero-order valence-corrected chi connectivity index (χ0v) is 15.9. The van der Waals surface area contributed by atoms with Crippen molar-refractivity contribution < 1.29 is 4.74 Å². The van der Waals surface area contributed by atoms with E-state index in [1.54, 1.807) is 0 Å². The number of ether oxygens (including phenoxy) is 1. The van der Waals surface area contributed by atoms with Gasteiger partial charge in [-0.05, 0) is 78.8 Å². The van der Waals surface area contributed by atoms with E-state index in [-0.39, 0.29) is 0 Å². The molecule has 1 saturated carbocycles. The van der Waals surface area contributed by atoms with Crippen molar-refractivity contribution in [1.29, 1.82) is 5.26 Å². The van der Waals surface area contributed by atoms with Crippen LogP contribution >= 0.6 is 0 Å². The normalized spacial score (nSPS) is 21.0. The fraction of sp³-hybridized carbons (Fsp3) is 0.458. The van der Waals surface area contributed by atoms with Crippen molar-refractivity contribution in [3.05, 3.63) is 65.2 Å². The van der Waals surface area contributed by atoms with Crippen molar-refractivity contribution >= 4 is 0 Å². The van der Waals surface area contributed by atoms with Crippen molar-refractivity contribution in [2.75, 3.05) is 6.61 Å². The highest BCUT2D eigenvalue weighted by atomic mass is 16.5. The Hall–Kier alpha value is -2.27. The summed E-state index contributed by atoms with van der Waals surface area (Å²) in [4.78, 5) is 0. The van der Waals surface area contributed by atoms with E-state index in [4.69, 9.17) is 10.00 Å². The van der Waals surface area contributed by atoms with Gasteiger partial charge in [-0.1, -0.05) is 44.5 Å². The van der Waals surface area contributed by atoms with E-state index in [0.717, 1.165) is 24.3 Å². The summed E-state index contributed by atoms with van der Waals surface area (Å²) in [5, 5.41) is 8.93. The molecule has 0 radical (unpaired) electrons. The second-order valence-electron chi connectivity index (χ2n) is 7.68. The summed E-state index contributed by atoms with van der Waals surface area (Å²) in [5.41, 5.74) is 3.58. The van der Waals surface area contributed by atoms with Crippen LogP contribution in [0.5, 0.6) is 5.75 Å². The Morgan fingerprint density at radius 3 is 1.88 bits per heavy atom. The highest BCUT2D eigenvalue weighted by Gasteiger charge is 2.23. The highest BCUT2D eigenvalue weighted by molar-refractivity contribution is 5.34. The van der Waals surface area contributed by atoms with Crippen LogP contribution in [0, 0.1) is 17.2 Å². The monoisotopic (exact) mass is 347 g/mol. The van der Waals surface area contributed by atoms with Gasteiger partial charge in [-0.15, -0.1) is 0 Å². The van der Waals surface area contributed by atoms with Crippen LogP contribution < -0.4 is 4.74 Å². The van der Waals surface area contributed by atoms with Crippen LogP contribution in [0.3, 0.4) is 0 Å². The van der Waals surface area contributed by atoms with Crippen molar-refractivity contribution in [1.82, 2.24) is 0 Å². The molecule has 1 fully saturated rings. The first-order chi connectivity index (χ1) is 12.7. The minimum absolute atomic E-state index is 0.604. The number of hydrogen-bond donors (Lipinski definition) is 0. The molecule has 2 heteroatoms. The van der Waals surface area contributed by atoms with Gasteiger partial charge in [0.15, 0.2) is 0 Å². The summed E-state index contributed by atoms with van der Waals surface area (Å²) in [6.45, 7) is 5.22. The molecule has 0 N–H and O–H groups in total. The Labute approximate surface area is 157 Å². The van der Waals surface area contributed by atoms with Gasteiger partial charge in [0.05, 0.1) is 18.2 Å². The van der Waals surface area contributed by atoms with E-state index in [1.807, 2.05) is 12.1 Å². The zero-order valence-electron chi connectivity index (χ0n) is 15.9. The third-order valence-corrected chi connectivity index (χ3v) is 5.82. The van der Waals surface area contributed by atoms with Gasteiger partial charge in [-0.3, -0.25) is 0 Å². The standard InChI is InChI=1S/C24H29NO/c1-3-18(2)17-26-24-14-12-23(13-15-24)22-10-8-21(9-11-22)20-6-4-19(16-25)5-7-20/h4-7,12-15,18,21-22H,3,8-11,17H2,1-2H3/t18?,21-,22-. The topological polar surface area (TPSA) is 33.0 Å². The first-order valence-electron chi connectivity index (χ1n) is 9.92. The van der Waals surface area contributed by atoms with Crippen LogP contribution in [0.4, 0.5) is 0 Å². The Bertz CT molecular complexity index is 718. The summed E-state index contributed by atoms with van der Waals surface area (Å²) < 4.78 is 5.87. The van der Waals surface area contributed by atoms with E-state index in [9.17, 15) is 0 Å². The number of hydrogen-bond acceptors (Lipinski definition) is 2. The van der Waals surface area contributed by atoms with Crippen LogP contribution in [0.15, 0.2) is 48.5 Å². The van der Waals surface area contributed by atoms with Crippen LogP contribution in [-0.2, 0) is 0 Å². The molecule has 2 aromatic carbocycles. The third-order valence-electron chi connectivity index (χ3n) is 5.82. The molecule has 0 amide bonds. The molecule has 136 valence electrons. The van der Waals surface area contributed by atoms with E-state index in [1.165, 1.54) is 36.8 Å². The van der Waals surface area contributed by atoms with Gasteiger partial charge in [-0.2, -0.15) is 5.26 Å². The van der Waals surface area contributed by atoms with Crippen molar-refractivity contribution in [2.24, 2.45) is 5.92 Å². The minimum Gasteiger partial charge on any atom is -0.493 e. The second-order valence-corrected chi connectivity index (χ2v) is 7.68. The molecule has 26 heavy (non-hydrogen) atoms. The Morgan fingerprint density at radius 2 is 1.42 bits per heavy atom. The molecule has 3 rings (SSSR count). The van der Waals surface area contributed by atoms with Crippen LogP contribution in [0.25, 0.3) is 0 Å². The van der Waals surface area contributed by atoms with Gasteiger partial charge in [0.25, 0.3) is 0 Å². The molecule has 0 aliphatic heterocycles. The molecular formula is C24H29NO. The molecule has 0 aromatic heterocycles. The second kappa shape index (κ2) is 8.90. The Kier molecular flexibility index (Phi) is 6.34. The fourth-order valence-electron chi connectivity index (χ4n) is 3.78. The average molecular weight is 348 g/mol. The van der Waals surface area contributed by atoms with E-state index in [2.05, 4.69) is 56.3 Å². The minimum atomic E-state index is 0.604. The first-order valence-corrected chi connectivity index (χ1v) is 9.92. The average Bonchev–Trinajstić information content (AvgIpc) is 2.72. The maximum absolute atomic E-state index is 8.93. The van der Waals surface area contributed by atoms with Crippen LogP contribution in [0.2, 0.25) is 0 Å². The molecule has 2 nitrogen and oxygen atoms in total. The largest absolute Gasteiger partial charge is 0.493 e. The van der Waals surface area contributed by atoms with E-state index < -0.39 is 0 Å². The molecule has 0 saturated heterocycles. The number of rotatable bonds is 6. The quantitative estimate of drug-likeness (QED) is 0.603. The Morgan fingerprint density at radius 1 is 0.923 bits per heavy atom. The zero-order chi connectivity index (χ0) is 18.4. The van der Waals surface area contributed by atoms with Crippen molar-refractivity contribution in [3.63, 3.8) is 0 Å². The van der Waals surface area contributed by atoms with Gasteiger partial charge in [0.2, 0.25) is 0 Å². The Balaban J connectivity index is 1.53.